The van der Waals surface area contributed by atoms with E-state index in [-0.39, 0.29) is 0 Å². The summed E-state index contributed by atoms with van der Waals surface area (Å²) in [4.78, 5) is 15.3. The maximum Gasteiger partial charge on any atom is 0.407 e. The van der Waals surface area contributed by atoms with Gasteiger partial charge in [-0.3, -0.25) is 0 Å². The van der Waals surface area contributed by atoms with Crippen molar-refractivity contribution in [3.63, 3.8) is 0 Å². The number of aromatic nitrogens is 1. The van der Waals surface area contributed by atoms with Crippen LogP contribution in [-0.4, -0.2) is 29.8 Å². The molecule has 0 spiro atoms. The van der Waals surface area contributed by atoms with Gasteiger partial charge in [0.05, 0.1) is 21.2 Å². The van der Waals surface area contributed by atoms with Gasteiger partial charge in [0.2, 0.25) is 0 Å². The van der Waals surface area contributed by atoms with Gasteiger partial charge in [0.1, 0.15) is 5.60 Å². The number of amides is 1. The lowest BCUT2D eigenvalue weighted by atomic mass is 10.1. The van der Waals surface area contributed by atoms with E-state index in [1.807, 2.05) is 51.1 Å². The highest BCUT2D eigenvalue weighted by atomic mass is 35.5. The van der Waals surface area contributed by atoms with Gasteiger partial charge < -0.3 is 25.7 Å². The number of aromatic amines is 1. The fourth-order valence-corrected chi connectivity index (χ4v) is 4.11. The molecule has 3 aromatic carbocycles. The van der Waals surface area contributed by atoms with Crippen LogP contribution in [0.1, 0.15) is 20.8 Å². The van der Waals surface area contributed by atoms with E-state index >= 15 is 0 Å². The summed E-state index contributed by atoms with van der Waals surface area (Å²) in [5.74, 6) is 0. The van der Waals surface area contributed by atoms with Crippen LogP contribution < -0.4 is 16.0 Å². The first-order chi connectivity index (χ1) is 16.1. The number of nitrogens with one attached hydrogen (secondary N) is 4. The molecule has 6 nitrogen and oxygen atoms in total. The molecule has 1 aromatic heterocycles. The Morgan fingerprint density at radius 3 is 2.38 bits per heavy atom. The smallest absolute Gasteiger partial charge is 0.407 e. The summed E-state index contributed by atoms with van der Waals surface area (Å²) < 4.78 is 5.26. The van der Waals surface area contributed by atoms with Crippen LogP contribution in [0, 0.1) is 0 Å². The number of hydrogen-bond donors (Lipinski definition) is 4. The van der Waals surface area contributed by atoms with Crippen LogP contribution in [0.5, 0.6) is 0 Å². The molecular formula is C25H25Cl3N4O2. The Balaban J connectivity index is 1.53. The van der Waals surface area contributed by atoms with Crippen molar-refractivity contribution in [3.8, 4) is 0 Å². The fourth-order valence-electron chi connectivity index (χ4n) is 3.60. The van der Waals surface area contributed by atoms with E-state index in [4.69, 9.17) is 39.5 Å². The van der Waals surface area contributed by atoms with Gasteiger partial charge in [0.15, 0.2) is 0 Å². The van der Waals surface area contributed by atoms with Gasteiger partial charge in [-0.1, -0.05) is 34.8 Å². The summed E-state index contributed by atoms with van der Waals surface area (Å²) in [5, 5.41) is 13.1. The fraction of sp³-hybridized carbons (Fsp3) is 0.240. The standard InChI is InChI=1S/C25H25Cl3N4O2/c1-25(2,3)34-24(33)30-9-8-29-22-11-14(26)10-18-17-12-15(5-7-21(17)32-23(18)22)31-16-4-6-19(27)20(28)13-16/h4-7,10-13,29,31-32H,8-9H2,1-3H3,(H,30,33). The van der Waals surface area contributed by atoms with Gasteiger partial charge in [-0.2, -0.15) is 0 Å². The number of hydrogen-bond acceptors (Lipinski definition) is 4. The molecule has 9 heteroatoms. The number of benzene rings is 3. The molecule has 178 valence electrons. The molecule has 0 radical (unpaired) electrons. The van der Waals surface area contributed by atoms with Gasteiger partial charge in [0.25, 0.3) is 0 Å². The molecule has 0 aliphatic heterocycles. The van der Waals surface area contributed by atoms with Crippen LogP contribution in [-0.2, 0) is 4.74 Å². The number of carbonyl (C=O) groups is 1. The van der Waals surface area contributed by atoms with Crippen molar-refractivity contribution < 1.29 is 9.53 Å². The highest BCUT2D eigenvalue weighted by molar-refractivity contribution is 6.42. The van der Waals surface area contributed by atoms with Crippen molar-refractivity contribution in [2.75, 3.05) is 23.7 Å². The number of fused-ring (bicyclic) bond motifs is 3. The second kappa shape index (κ2) is 9.82. The lowest BCUT2D eigenvalue weighted by Gasteiger charge is -2.19. The monoisotopic (exact) mass is 518 g/mol. The highest BCUT2D eigenvalue weighted by Gasteiger charge is 2.16. The Hall–Kier alpha value is -2.80. The summed E-state index contributed by atoms with van der Waals surface area (Å²) in [6.07, 6.45) is -0.446. The van der Waals surface area contributed by atoms with Crippen molar-refractivity contribution in [3.05, 3.63) is 63.6 Å². The Morgan fingerprint density at radius 1 is 0.912 bits per heavy atom. The topological polar surface area (TPSA) is 78.2 Å². The third-order valence-corrected chi connectivity index (χ3v) is 5.95. The maximum atomic E-state index is 11.8. The van der Waals surface area contributed by atoms with E-state index in [2.05, 4.69) is 27.0 Å². The Kier molecular flexibility index (Phi) is 7.03. The van der Waals surface area contributed by atoms with E-state index in [1.165, 1.54) is 0 Å². The Labute approximate surface area is 212 Å². The molecule has 34 heavy (non-hydrogen) atoms. The highest BCUT2D eigenvalue weighted by Crippen LogP contribution is 2.35. The predicted molar refractivity (Wildman–Crippen MR) is 143 cm³/mol. The maximum absolute atomic E-state index is 11.8. The summed E-state index contributed by atoms with van der Waals surface area (Å²) >= 11 is 18.6. The van der Waals surface area contributed by atoms with Crippen LogP contribution in [0.2, 0.25) is 15.1 Å². The third kappa shape index (κ3) is 5.81. The molecular weight excluding hydrogens is 495 g/mol. The molecule has 0 bridgehead atoms. The van der Waals surface area contributed by atoms with Crippen LogP contribution in [0.25, 0.3) is 21.8 Å². The molecule has 0 atom stereocenters. The Morgan fingerprint density at radius 2 is 1.65 bits per heavy atom. The summed E-state index contributed by atoms with van der Waals surface area (Å²) in [7, 11) is 0. The second-order valence-corrected chi connectivity index (χ2v) is 10.1. The van der Waals surface area contributed by atoms with Crippen LogP contribution in [0.15, 0.2) is 48.5 Å². The molecule has 1 amide bonds. The van der Waals surface area contributed by atoms with E-state index < -0.39 is 11.7 Å². The van der Waals surface area contributed by atoms with Gasteiger partial charge >= 0.3 is 6.09 Å². The van der Waals surface area contributed by atoms with E-state index in [0.29, 0.717) is 28.2 Å². The Bertz CT molecular complexity index is 1360. The SMILES string of the molecule is CC(C)(C)OC(=O)NCCNc1cc(Cl)cc2c1[nH]c1ccc(Nc3ccc(Cl)c(Cl)c3)cc12. The first-order valence-corrected chi connectivity index (χ1v) is 11.9. The van der Waals surface area contributed by atoms with E-state index in [0.717, 1.165) is 38.9 Å². The van der Waals surface area contributed by atoms with Crippen molar-refractivity contribution in [1.29, 1.82) is 0 Å². The van der Waals surface area contributed by atoms with Crippen molar-refractivity contribution >= 4 is 79.8 Å². The molecule has 0 fully saturated rings. The molecule has 0 saturated heterocycles. The molecule has 1 heterocycles. The average Bonchev–Trinajstić information content (AvgIpc) is 3.10. The number of rotatable bonds is 6. The number of halogens is 3. The molecule has 0 unspecified atom stereocenters. The average molecular weight is 520 g/mol. The zero-order chi connectivity index (χ0) is 24.5. The van der Waals surface area contributed by atoms with Crippen molar-refractivity contribution in [1.82, 2.24) is 10.3 Å². The van der Waals surface area contributed by atoms with Gasteiger partial charge in [-0.15, -0.1) is 0 Å². The number of ether oxygens (including phenoxy) is 1. The van der Waals surface area contributed by atoms with Gasteiger partial charge in [-0.25, -0.2) is 4.79 Å². The minimum atomic E-state index is -0.533. The van der Waals surface area contributed by atoms with Crippen molar-refractivity contribution in [2.24, 2.45) is 0 Å². The molecule has 4 aromatic rings. The largest absolute Gasteiger partial charge is 0.444 e. The van der Waals surface area contributed by atoms with E-state index in [1.54, 1.807) is 12.1 Å². The van der Waals surface area contributed by atoms with Crippen LogP contribution in [0.3, 0.4) is 0 Å². The van der Waals surface area contributed by atoms with Crippen LogP contribution in [0.4, 0.5) is 21.9 Å². The number of anilines is 3. The quantitative estimate of drug-likeness (QED) is 0.195. The first kappa shape index (κ1) is 24.3. The first-order valence-electron chi connectivity index (χ1n) is 10.8. The molecule has 4 rings (SSSR count). The van der Waals surface area contributed by atoms with Gasteiger partial charge in [0, 0.05) is 45.8 Å². The predicted octanol–water partition coefficient (Wildman–Crippen LogP) is 7.96. The third-order valence-electron chi connectivity index (χ3n) is 4.99. The number of H-pyrrole nitrogens is 1. The molecule has 0 saturated carbocycles. The molecule has 0 aliphatic carbocycles. The van der Waals surface area contributed by atoms with Crippen LogP contribution >= 0.6 is 34.8 Å². The zero-order valence-electron chi connectivity index (χ0n) is 19.0. The summed E-state index contributed by atoms with van der Waals surface area (Å²) in [6.45, 7) is 6.40. The normalized spacial score (nSPS) is 11.6. The van der Waals surface area contributed by atoms with Crippen molar-refractivity contribution in [2.45, 2.75) is 26.4 Å². The summed E-state index contributed by atoms with van der Waals surface area (Å²) in [5.41, 5.74) is 3.97. The summed E-state index contributed by atoms with van der Waals surface area (Å²) in [6, 6.07) is 15.3. The minimum absolute atomic E-state index is 0.404. The minimum Gasteiger partial charge on any atom is -0.444 e. The van der Waals surface area contributed by atoms with E-state index in [9.17, 15) is 4.79 Å². The number of alkyl carbamates (subject to hydrolysis) is 1. The lowest BCUT2D eigenvalue weighted by molar-refractivity contribution is 0.0530. The zero-order valence-corrected chi connectivity index (χ0v) is 21.3. The lowest BCUT2D eigenvalue weighted by Crippen LogP contribution is -2.35. The molecule has 0 aliphatic rings. The second-order valence-electron chi connectivity index (χ2n) is 8.87. The molecule has 4 N–H and O–H groups in total. The van der Waals surface area contributed by atoms with Gasteiger partial charge in [-0.05, 0) is 69.3 Å². The number of carbonyl (C=O) groups excluding carboxylic acids is 1.